The topological polar surface area (TPSA) is 83.8 Å². The van der Waals surface area contributed by atoms with E-state index in [4.69, 9.17) is 4.42 Å². The second-order valence-electron chi connectivity index (χ2n) is 5.63. The zero-order valence-corrected chi connectivity index (χ0v) is 13.4. The van der Waals surface area contributed by atoms with E-state index < -0.39 is 0 Å². The number of rotatable bonds is 5. The highest BCUT2D eigenvalue weighted by molar-refractivity contribution is 6.04. The average molecular weight is 332 g/mol. The van der Waals surface area contributed by atoms with Gasteiger partial charge in [-0.2, -0.15) is 5.10 Å². The Balaban J connectivity index is 1.38. The predicted molar refractivity (Wildman–Crippen MR) is 94.1 cm³/mol. The summed E-state index contributed by atoms with van der Waals surface area (Å²) in [7, 11) is 0. The van der Waals surface area contributed by atoms with Gasteiger partial charge in [0.15, 0.2) is 5.69 Å². The summed E-state index contributed by atoms with van der Waals surface area (Å²) in [5.41, 5.74) is 2.98. The summed E-state index contributed by atoms with van der Waals surface area (Å²) in [6.45, 7) is 0.459. The van der Waals surface area contributed by atoms with Crippen LogP contribution in [0.2, 0.25) is 0 Å². The van der Waals surface area contributed by atoms with Crippen LogP contribution in [-0.2, 0) is 6.42 Å². The Bertz CT molecular complexity index is 1000. The fourth-order valence-electron chi connectivity index (χ4n) is 2.66. The van der Waals surface area contributed by atoms with Crippen molar-refractivity contribution in [2.24, 2.45) is 0 Å². The fourth-order valence-corrected chi connectivity index (χ4v) is 2.66. The Hall–Kier alpha value is -3.41. The van der Waals surface area contributed by atoms with E-state index >= 15 is 0 Å². The Morgan fingerprint density at radius 1 is 1.08 bits per heavy atom. The van der Waals surface area contributed by atoms with Crippen LogP contribution in [0.1, 0.15) is 16.2 Å². The molecule has 2 N–H and O–H groups in total. The number of hydrogen-bond donors (Lipinski definition) is 2. The smallest absolute Gasteiger partial charge is 0.272 e. The molecule has 6 nitrogen and oxygen atoms in total. The standard InChI is InChI=1S/C19H16N4O2/c24-18(17-15-8-4-5-9-16(15)22-23-17)20-11-10-14-12-25-19(21-14)13-6-2-1-3-7-13/h1-9,12H,10-11H2,(H,20,24)(H,22,23). The van der Waals surface area contributed by atoms with Crippen LogP contribution in [0.15, 0.2) is 65.3 Å². The van der Waals surface area contributed by atoms with Gasteiger partial charge < -0.3 is 9.73 Å². The zero-order chi connectivity index (χ0) is 17.1. The summed E-state index contributed by atoms with van der Waals surface area (Å²) < 4.78 is 5.50. The number of para-hydroxylation sites is 1. The largest absolute Gasteiger partial charge is 0.444 e. The summed E-state index contributed by atoms with van der Waals surface area (Å²) >= 11 is 0. The molecule has 124 valence electrons. The van der Waals surface area contributed by atoms with Gasteiger partial charge in [-0.15, -0.1) is 0 Å². The summed E-state index contributed by atoms with van der Waals surface area (Å²) in [6, 6.07) is 17.3. The monoisotopic (exact) mass is 332 g/mol. The van der Waals surface area contributed by atoms with Crippen LogP contribution in [0.3, 0.4) is 0 Å². The highest BCUT2D eigenvalue weighted by Gasteiger charge is 2.13. The lowest BCUT2D eigenvalue weighted by molar-refractivity contribution is 0.0950. The molecular weight excluding hydrogens is 316 g/mol. The summed E-state index contributed by atoms with van der Waals surface area (Å²) in [6.07, 6.45) is 2.21. The molecule has 4 aromatic rings. The average Bonchev–Trinajstić information content (AvgIpc) is 3.29. The molecule has 0 aliphatic carbocycles. The molecule has 4 rings (SSSR count). The van der Waals surface area contributed by atoms with Gasteiger partial charge in [0.25, 0.3) is 5.91 Å². The van der Waals surface area contributed by atoms with Crippen molar-refractivity contribution in [1.82, 2.24) is 20.5 Å². The highest BCUT2D eigenvalue weighted by Crippen LogP contribution is 2.18. The number of amides is 1. The van der Waals surface area contributed by atoms with E-state index in [0.717, 1.165) is 22.2 Å². The second kappa shape index (κ2) is 6.60. The second-order valence-corrected chi connectivity index (χ2v) is 5.63. The van der Waals surface area contributed by atoms with Crippen molar-refractivity contribution >= 4 is 16.8 Å². The van der Waals surface area contributed by atoms with Gasteiger partial charge in [-0.1, -0.05) is 36.4 Å². The third-order valence-electron chi connectivity index (χ3n) is 3.92. The van der Waals surface area contributed by atoms with E-state index in [1.807, 2.05) is 54.6 Å². The highest BCUT2D eigenvalue weighted by atomic mass is 16.3. The number of nitrogens with one attached hydrogen (secondary N) is 2. The third kappa shape index (κ3) is 3.14. The maximum absolute atomic E-state index is 12.3. The van der Waals surface area contributed by atoms with Crippen molar-refractivity contribution in [3.63, 3.8) is 0 Å². The number of nitrogens with zero attached hydrogens (tertiary/aromatic N) is 2. The van der Waals surface area contributed by atoms with Crippen LogP contribution in [0.5, 0.6) is 0 Å². The van der Waals surface area contributed by atoms with Gasteiger partial charge in [-0.25, -0.2) is 4.98 Å². The molecule has 0 radical (unpaired) electrons. The zero-order valence-electron chi connectivity index (χ0n) is 13.4. The van der Waals surface area contributed by atoms with Crippen LogP contribution in [0.25, 0.3) is 22.4 Å². The van der Waals surface area contributed by atoms with Crippen LogP contribution >= 0.6 is 0 Å². The molecule has 2 aromatic heterocycles. The van der Waals surface area contributed by atoms with E-state index in [-0.39, 0.29) is 5.91 Å². The van der Waals surface area contributed by atoms with Crippen molar-refractivity contribution in [1.29, 1.82) is 0 Å². The summed E-state index contributed by atoms with van der Waals surface area (Å²) in [5.74, 6) is 0.379. The minimum absolute atomic E-state index is 0.204. The third-order valence-corrected chi connectivity index (χ3v) is 3.92. The molecule has 0 unspecified atom stereocenters. The summed E-state index contributed by atoms with van der Waals surface area (Å²) in [5, 5.41) is 10.6. The minimum atomic E-state index is -0.204. The van der Waals surface area contributed by atoms with Crippen LogP contribution in [0.4, 0.5) is 0 Å². The Kier molecular flexibility index (Phi) is 4.00. The number of aromatic nitrogens is 3. The van der Waals surface area contributed by atoms with E-state index in [1.54, 1.807) is 6.26 Å². The van der Waals surface area contributed by atoms with Gasteiger partial charge in [0, 0.05) is 23.9 Å². The molecule has 2 heterocycles. The quantitative estimate of drug-likeness (QED) is 0.588. The maximum Gasteiger partial charge on any atom is 0.272 e. The molecular formula is C19H16N4O2. The van der Waals surface area contributed by atoms with Crippen molar-refractivity contribution in [3.05, 3.63) is 72.2 Å². The number of fused-ring (bicyclic) bond motifs is 1. The van der Waals surface area contributed by atoms with Gasteiger partial charge >= 0.3 is 0 Å². The van der Waals surface area contributed by atoms with Gasteiger partial charge in [0.1, 0.15) is 6.26 Å². The minimum Gasteiger partial charge on any atom is -0.444 e. The van der Waals surface area contributed by atoms with Gasteiger partial charge in [-0.3, -0.25) is 9.89 Å². The van der Waals surface area contributed by atoms with Crippen LogP contribution in [0, 0.1) is 0 Å². The van der Waals surface area contributed by atoms with E-state index in [0.29, 0.717) is 24.6 Å². The maximum atomic E-state index is 12.3. The van der Waals surface area contributed by atoms with Crippen molar-refractivity contribution in [2.75, 3.05) is 6.54 Å². The number of benzene rings is 2. The molecule has 0 saturated carbocycles. The Morgan fingerprint density at radius 3 is 2.76 bits per heavy atom. The predicted octanol–water partition coefficient (Wildman–Crippen LogP) is 3.19. The molecule has 2 aromatic carbocycles. The number of hydrogen-bond acceptors (Lipinski definition) is 4. The SMILES string of the molecule is O=C(NCCc1coc(-c2ccccc2)n1)c1n[nH]c2ccccc12. The Labute approximate surface area is 143 Å². The first-order valence-corrected chi connectivity index (χ1v) is 8.02. The first kappa shape index (κ1) is 15.1. The number of carbonyl (C=O) groups is 1. The van der Waals surface area contributed by atoms with Crippen molar-refractivity contribution in [2.45, 2.75) is 6.42 Å². The van der Waals surface area contributed by atoms with Crippen molar-refractivity contribution < 1.29 is 9.21 Å². The van der Waals surface area contributed by atoms with Crippen LogP contribution in [-0.4, -0.2) is 27.6 Å². The molecule has 0 atom stereocenters. The first-order chi connectivity index (χ1) is 12.3. The normalized spacial score (nSPS) is 10.9. The first-order valence-electron chi connectivity index (χ1n) is 8.02. The molecule has 0 aliphatic rings. The molecule has 25 heavy (non-hydrogen) atoms. The van der Waals surface area contributed by atoms with E-state index in [2.05, 4.69) is 20.5 Å². The van der Waals surface area contributed by atoms with Crippen LogP contribution < -0.4 is 5.32 Å². The summed E-state index contributed by atoms with van der Waals surface area (Å²) in [4.78, 5) is 16.7. The fraction of sp³-hybridized carbons (Fsp3) is 0.105. The number of carbonyl (C=O) groups excluding carboxylic acids is 1. The molecule has 0 saturated heterocycles. The molecule has 6 heteroatoms. The molecule has 0 bridgehead atoms. The lowest BCUT2D eigenvalue weighted by Crippen LogP contribution is -2.26. The molecule has 0 spiro atoms. The lowest BCUT2D eigenvalue weighted by atomic mass is 10.2. The molecule has 0 fully saturated rings. The lowest BCUT2D eigenvalue weighted by Gasteiger charge is -2.01. The number of aromatic amines is 1. The van der Waals surface area contributed by atoms with E-state index in [9.17, 15) is 4.79 Å². The van der Waals surface area contributed by atoms with E-state index in [1.165, 1.54) is 0 Å². The Morgan fingerprint density at radius 2 is 1.88 bits per heavy atom. The molecule has 0 aliphatic heterocycles. The van der Waals surface area contributed by atoms with Gasteiger partial charge in [-0.05, 0) is 18.2 Å². The van der Waals surface area contributed by atoms with Gasteiger partial charge in [0.05, 0.1) is 11.2 Å². The molecule has 1 amide bonds. The van der Waals surface area contributed by atoms with Crippen molar-refractivity contribution in [3.8, 4) is 11.5 Å². The number of oxazole rings is 1. The van der Waals surface area contributed by atoms with Gasteiger partial charge in [0.2, 0.25) is 5.89 Å². The number of H-pyrrole nitrogens is 1.